The number of carbonyl (C=O) groups excluding carboxylic acids is 1. The molecule has 4 heteroatoms. The molecule has 0 bridgehead atoms. The van der Waals surface area contributed by atoms with Crippen molar-refractivity contribution in [2.45, 2.75) is 31.7 Å². The maximum Gasteiger partial charge on any atom is 0.180 e. The van der Waals surface area contributed by atoms with Crippen LogP contribution >= 0.6 is 11.6 Å². The third-order valence-electron chi connectivity index (χ3n) is 3.37. The maximum absolute atomic E-state index is 12.1. The number of Topliss-reactive ketones (excluding diaryl/α,β-unsaturated/α-hetero) is 1. The van der Waals surface area contributed by atoms with Crippen molar-refractivity contribution >= 4 is 17.4 Å². The minimum Gasteiger partial charge on any atom is -0.496 e. The lowest BCUT2D eigenvalue weighted by Gasteiger charge is -2.12. The van der Waals surface area contributed by atoms with E-state index >= 15 is 0 Å². The predicted molar refractivity (Wildman–Crippen MR) is 72.6 cm³/mol. The number of nitrogens with one attached hydrogen (secondary N) is 1. The highest BCUT2D eigenvalue weighted by atomic mass is 35.5. The fourth-order valence-electron chi connectivity index (χ4n) is 2.36. The summed E-state index contributed by atoms with van der Waals surface area (Å²) in [6.45, 7) is 0.349. The molecule has 0 heterocycles. The number of ketones is 1. The van der Waals surface area contributed by atoms with Crippen molar-refractivity contribution in [3.05, 3.63) is 28.8 Å². The quantitative estimate of drug-likeness (QED) is 0.834. The van der Waals surface area contributed by atoms with Crippen LogP contribution in [0.1, 0.15) is 36.0 Å². The molecule has 98 valence electrons. The lowest BCUT2D eigenvalue weighted by atomic mass is 10.1. The molecule has 0 amide bonds. The van der Waals surface area contributed by atoms with Crippen LogP contribution in [0.15, 0.2) is 18.2 Å². The predicted octanol–water partition coefficient (Wildman–Crippen LogP) is 3.06. The Kier molecular flexibility index (Phi) is 4.61. The molecule has 0 atom stereocenters. The zero-order valence-corrected chi connectivity index (χ0v) is 11.3. The Morgan fingerprint density at radius 2 is 2.17 bits per heavy atom. The van der Waals surface area contributed by atoms with Gasteiger partial charge in [-0.2, -0.15) is 0 Å². The molecule has 18 heavy (non-hydrogen) atoms. The summed E-state index contributed by atoms with van der Waals surface area (Å²) < 4.78 is 5.19. The van der Waals surface area contributed by atoms with Gasteiger partial charge in [-0.05, 0) is 31.0 Å². The van der Waals surface area contributed by atoms with Gasteiger partial charge in [0.1, 0.15) is 5.75 Å². The Hall–Kier alpha value is -1.06. The molecular weight excluding hydrogens is 250 g/mol. The minimum atomic E-state index is 0.0289. The summed E-state index contributed by atoms with van der Waals surface area (Å²) in [7, 11) is 1.56. The lowest BCUT2D eigenvalue weighted by Crippen LogP contribution is -2.31. The molecular formula is C14H18ClNO2. The molecule has 0 radical (unpaired) electrons. The second-order valence-corrected chi connectivity index (χ2v) is 5.07. The second-order valence-electron chi connectivity index (χ2n) is 4.63. The largest absolute Gasteiger partial charge is 0.496 e. The van der Waals surface area contributed by atoms with Crippen molar-refractivity contribution in [3.8, 4) is 5.75 Å². The molecule has 0 saturated heterocycles. The third-order valence-corrected chi connectivity index (χ3v) is 3.60. The van der Waals surface area contributed by atoms with Gasteiger partial charge >= 0.3 is 0 Å². The number of carbonyl (C=O) groups is 1. The minimum absolute atomic E-state index is 0.0289. The van der Waals surface area contributed by atoms with E-state index in [1.807, 2.05) is 0 Å². The summed E-state index contributed by atoms with van der Waals surface area (Å²) in [6, 6.07) is 5.60. The van der Waals surface area contributed by atoms with E-state index in [1.54, 1.807) is 25.3 Å². The van der Waals surface area contributed by atoms with Crippen LogP contribution in [0.4, 0.5) is 0 Å². The Balaban J connectivity index is 2.00. The van der Waals surface area contributed by atoms with Crippen LogP contribution in [0.2, 0.25) is 5.02 Å². The fraction of sp³-hybridized carbons (Fsp3) is 0.500. The van der Waals surface area contributed by atoms with E-state index in [9.17, 15) is 4.79 Å². The molecule has 1 fully saturated rings. The summed E-state index contributed by atoms with van der Waals surface area (Å²) in [4.78, 5) is 12.1. The molecule has 1 aromatic rings. The van der Waals surface area contributed by atoms with E-state index in [2.05, 4.69) is 5.32 Å². The van der Waals surface area contributed by atoms with Crippen LogP contribution in [0.25, 0.3) is 0 Å². The Morgan fingerprint density at radius 1 is 1.44 bits per heavy atom. The zero-order valence-electron chi connectivity index (χ0n) is 10.5. The molecule has 1 N–H and O–H groups in total. The van der Waals surface area contributed by atoms with E-state index in [4.69, 9.17) is 16.3 Å². The van der Waals surface area contributed by atoms with Crippen LogP contribution in [0, 0.1) is 0 Å². The van der Waals surface area contributed by atoms with Gasteiger partial charge in [0.25, 0.3) is 0 Å². The molecule has 0 aliphatic heterocycles. The van der Waals surface area contributed by atoms with E-state index in [0.29, 0.717) is 28.9 Å². The van der Waals surface area contributed by atoms with Gasteiger partial charge in [0.2, 0.25) is 0 Å². The summed E-state index contributed by atoms with van der Waals surface area (Å²) in [5.41, 5.74) is 0.551. The van der Waals surface area contributed by atoms with Gasteiger partial charge in [-0.25, -0.2) is 0 Å². The SMILES string of the molecule is COc1ccc(Cl)cc1C(=O)CNC1CCCC1. The first-order chi connectivity index (χ1) is 8.70. The highest BCUT2D eigenvalue weighted by Crippen LogP contribution is 2.23. The van der Waals surface area contributed by atoms with Crippen molar-refractivity contribution in [2.24, 2.45) is 0 Å². The highest BCUT2D eigenvalue weighted by molar-refractivity contribution is 6.31. The summed E-state index contributed by atoms with van der Waals surface area (Å²) in [5.74, 6) is 0.610. The van der Waals surface area contributed by atoms with Crippen LogP contribution < -0.4 is 10.1 Å². The van der Waals surface area contributed by atoms with Crippen molar-refractivity contribution in [1.29, 1.82) is 0 Å². The first kappa shape index (κ1) is 13.4. The number of rotatable bonds is 5. The number of hydrogen-bond donors (Lipinski definition) is 1. The molecule has 0 unspecified atom stereocenters. The number of methoxy groups -OCH3 is 1. The average molecular weight is 268 g/mol. The van der Waals surface area contributed by atoms with E-state index in [1.165, 1.54) is 25.7 Å². The summed E-state index contributed by atoms with van der Waals surface area (Å²) in [6.07, 6.45) is 4.85. The first-order valence-corrected chi connectivity index (χ1v) is 6.68. The fourth-order valence-corrected chi connectivity index (χ4v) is 2.53. The monoisotopic (exact) mass is 267 g/mol. The van der Waals surface area contributed by atoms with Gasteiger partial charge < -0.3 is 10.1 Å². The normalized spacial score (nSPS) is 15.9. The number of hydrogen-bond acceptors (Lipinski definition) is 3. The van der Waals surface area contributed by atoms with Crippen LogP contribution in [0.5, 0.6) is 5.75 Å². The van der Waals surface area contributed by atoms with Crippen molar-refractivity contribution in [2.75, 3.05) is 13.7 Å². The van der Waals surface area contributed by atoms with Crippen LogP contribution in [0.3, 0.4) is 0 Å². The van der Waals surface area contributed by atoms with Crippen molar-refractivity contribution < 1.29 is 9.53 Å². The number of halogens is 1. The number of ether oxygens (including phenoxy) is 1. The standard InChI is InChI=1S/C14H18ClNO2/c1-18-14-7-6-10(15)8-12(14)13(17)9-16-11-4-2-3-5-11/h6-8,11,16H,2-5,9H2,1H3. The zero-order chi connectivity index (χ0) is 13.0. The molecule has 2 rings (SSSR count). The van der Waals surface area contributed by atoms with Gasteiger partial charge in [-0.3, -0.25) is 4.79 Å². The Morgan fingerprint density at radius 3 is 2.83 bits per heavy atom. The van der Waals surface area contributed by atoms with Gasteiger partial charge in [0, 0.05) is 11.1 Å². The molecule has 1 aliphatic carbocycles. The summed E-state index contributed by atoms with van der Waals surface area (Å²) >= 11 is 5.92. The molecule has 1 aromatic carbocycles. The first-order valence-electron chi connectivity index (χ1n) is 6.31. The van der Waals surface area contributed by atoms with Crippen LogP contribution in [-0.4, -0.2) is 25.5 Å². The highest BCUT2D eigenvalue weighted by Gasteiger charge is 2.17. The van der Waals surface area contributed by atoms with E-state index < -0.39 is 0 Å². The van der Waals surface area contributed by atoms with Gasteiger partial charge in [0.05, 0.1) is 19.2 Å². The van der Waals surface area contributed by atoms with Crippen molar-refractivity contribution in [3.63, 3.8) is 0 Å². The van der Waals surface area contributed by atoms with Crippen molar-refractivity contribution in [1.82, 2.24) is 5.32 Å². The molecule has 0 aromatic heterocycles. The number of benzene rings is 1. The van der Waals surface area contributed by atoms with Gasteiger partial charge in [-0.1, -0.05) is 24.4 Å². The van der Waals surface area contributed by atoms with Gasteiger partial charge in [-0.15, -0.1) is 0 Å². The Bertz CT molecular complexity index is 428. The average Bonchev–Trinajstić information content (AvgIpc) is 2.89. The molecule has 0 spiro atoms. The molecule has 1 saturated carbocycles. The summed E-state index contributed by atoms with van der Waals surface area (Å²) in [5, 5.41) is 3.86. The second kappa shape index (κ2) is 6.21. The lowest BCUT2D eigenvalue weighted by molar-refractivity contribution is 0.0984. The third kappa shape index (κ3) is 3.24. The van der Waals surface area contributed by atoms with Gasteiger partial charge in [0.15, 0.2) is 5.78 Å². The van der Waals surface area contributed by atoms with E-state index in [-0.39, 0.29) is 5.78 Å². The molecule has 1 aliphatic rings. The smallest absolute Gasteiger partial charge is 0.180 e. The topological polar surface area (TPSA) is 38.3 Å². The maximum atomic E-state index is 12.1. The Labute approximate surface area is 112 Å². The van der Waals surface area contributed by atoms with Crippen LogP contribution in [-0.2, 0) is 0 Å². The van der Waals surface area contributed by atoms with E-state index in [0.717, 1.165) is 0 Å². The molecule has 3 nitrogen and oxygen atoms in total.